The first-order chi connectivity index (χ1) is 12.6. The number of nitrogens with zero attached hydrogens (tertiary/aromatic N) is 1. The molecule has 26 heavy (non-hydrogen) atoms. The first-order valence-electron chi connectivity index (χ1n) is 9.28. The third kappa shape index (κ3) is 4.13. The number of benzene rings is 2. The highest BCUT2D eigenvalue weighted by molar-refractivity contribution is 5.94. The smallest absolute Gasteiger partial charge is 0.254 e. The maximum atomic E-state index is 13.3. The number of amides is 1. The van der Waals surface area contributed by atoms with E-state index in [0.717, 1.165) is 24.0 Å². The van der Waals surface area contributed by atoms with Crippen LogP contribution in [0.25, 0.3) is 0 Å². The average molecular weight is 345 g/mol. The molecule has 0 saturated heterocycles. The molecular weight excluding hydrogens is 318 g/mol. The Morgan fingerprint density at radius 3 is 2.31 bits per heavy atom. The molecule has 0 heterocycles. The number of carbonyl (C=O) groups excluding carboxylic acids is 1. The van der Waals surface area contributed by atoms with Crippen molar-refractivity contribution in [2.24, 2.45) is 5.92 Å². The summed E-state index contributed by atoms with van der Waals surface area (Å²) in [7, 11) is 0. The van der Waals surface area contributed by atoms with Crippen LogP contribution in [0.15, 0.2) is 84.5 Å². The summed E-state index contributed by atoms with van der Waals surface area (Å²) in [5.41, 5.74) is 4.38. The predicted molar refractivity (Wildman–Crippen MR) is 108 cm³/mol. The van der Waals surface area contributed by atoms with Crippen LogP contribution in [-0.4, -0.2) is 16.8 Å². The van der Waals surface area contributed by atoms with Crippen molar-refractivity contribution in [2.45, 2.75) is 39.3 Å². The monoisotopic (exact) mass is 345 g/mol. The standard InChI is InChI=1S/C24H27NO/c1-18(2)22-15-14-19(3)23(16-22)25(17-20-10-6-4-7-11-20)24(26)21-12-8-5-9-13-21/h4-14,22-23H,1,15-17H2,2-3H3. The third-order valence-electron chi connectivity index (χ3n) is 5.31. The lowest BCUT2D eigenvalue weighted by molar-refractivity contribution is 0.0664. The highest BCUT2D eigenvalue weighted by Crippen LogP contribution is 2.33. The van der Waals surface area contributed by atoms with E-state index in [1.807, 2.05) is 53.4 Å². The first kappa shape index (κ1) is 18.2. The van der Waals surface area contributed by atoms with E-state index >= 15 is 0 Å². The van der Waals surface area contributed by atoms with Crippen molar-refractivity contribution in [1.82, 2.24) is 4.90 Å². The molecule has 1 amide bonds. The average Bonchev–Trinajstić information content (AvgIpc) is 2.67. The maximum absolute atomic E-state index is 13.3. The minimum atomic E-state index is 0.0922. The summed E-state index contributed by atoms with van der Waals surface area (Å²) < 4.78 is 0. The van der Waals surface area contributed by atoms with Crippen molar-refractivity contribution in [3.63, 3.8) is 0 Å². The van der Waals surface area contributed by atoms with Gasteiger partial charge in [-0.2, -0.15) is 0 Å². The summed E-state index contributed by atoms with van der Waals surface area (Å²) in [6.07, 6.45) is 4.25. The predicted octanol–water partition coefficient (Wildman–Crippen LogP) is 5.63. The van der Waals surface area contributed by atoms with E-state index in [2.05, 4.69) is 38.6 Å². The van der Waals surface area contributed by atoms with E-state index in [-0.39, 0.29) is 11.9 Å². The zero-order chi connectivity index (χ0) is 18.5. The van der Waals surface area contributed by atoms with Crippen LogP contribution in [-0.2, 0) is 6.54 Å². The Hall–Kier alpha value is -2.61. The molecule has 0 N–H and O–H groups in total. The van der Waals surface area contributed by atoms with Crippen molar-refractivity contribution in [3.05, 3.63) is 95.6 Å². The quantitative estimate of drug-likeness (QED) is 0.643. The molecule has 2 unspecified atom stereocenters. The first-order valence-corrected chi connectivity index (χ1v) is 9.28. The fraction of sp³-hybridized carbons (Fsp3) is 0.292. The lowest BCUT2D eigenvalue weighted by Gasteiger charge is -2.38. The van der Waals surface area contributed by atoms with Gasteiger partial charge in [0, 0.05) is 12.1 Å². The molecule has 2 aromatic rings. The largest absolute Gasteiger partial charge is 0.328 e. The second-order valence-electron chi connectivity index (χ2n) is 7.26. The Morgan fingerprint density at radius 2 is 1.69 bits per heavy atom. The van der Waals surface area contributed by atoms with Crippen molar-refractivity contribution < 1.29 is 4.79 Å². The summed E-state index contributed by atoms with van der Waals surface area (Å²) >= 11 is 0. The Morgan fingerprint density at radius 1 is 1.08 bits per heavy atom. The van der Waals surface area contributed by atoms with Gasteiger partial charge in [-0.05, 0) is 50.3 Å². The molecule has 134 valence electrons. The molecule has 1 aliphatic carbocycles. The van der Waals surface area contributed by atoms with E-state index in [0.29, 0.717) is 12.5 Å². The molecule has 2 aromatic carbocycles. The van der Waals surface area contributed by atoms with Crippen molar-refractivity contribution >= 4 is 5.91 Å². The van der Waals surface area contributed by atoms with Crippen molar-refractivity contribution in [2.75, 3.05) is 0 Å². The summed E-state index contributed by atoms with van der Waals surface area (Å²) in [5.74, 6) is 0.528. The minimum Gasteiger partial charge on any atom is -0.328 e. The number of hydrogen-bond donors (Lipinski definition) is 0. The van der Waals surface area contributed by atoms with Gasteiger partial charge in [-0.1, -0.05) is 72.3 Å². The van der Waals surface area contributed by atoms with Crippen LogP contribution in [0.5, 0.6) is 0 Å². The molecule has 1 aliphatic rings. The van der Waals surface area contributed by atoms with Gasteiger partial charge in [0.15, 0.2) is 0 Å². The molecule has 0 bridgehead atoms. The second kappa shape index (κ2) is 8.18. The SMILES string of the molecule is C=C(C)C1CC=C(C)C(N(Cc2ccccc2)C(=O)c2ccccc2)C1. The van der Waals surface area contributed by atoms with Crippen molar-refractivity contribution in [3.8, 4) is 0 Å². The van der Waals surface area contributed by atoms with Gasteiger partial charge >= 0.3 is 0 Å². The van der Waals surface area contributed by atoms with Gasteiger partial charge in [0.05, 0.1) is 6.04 Å². The Bertz CT molecular complexity index is 791. The highest BCUT2D eigenvalue weighted by atomic mass is 16.2. The van der Waals surface area contributed by atoms with Gasteiger partial charge in [0.1, 0.15) is 0 Å². The molecule has 2 nitrogen and oxygen atoms in total. The molecule has 0 aromatic heterocycles. The van der Waals surface area contributed by atoms with E-state index in [1.165, 1.54) is 11.1 Å². The van der Waals surface area contributed by atoms with Crippen LogP contribution < -0.4 is 0 Å². The van der Waals surface area contributed by atoms with Crippen LogP contribution in [0.4, 0.5) is 0 Å². The molecule has 2 heteroatoms. The second-order valence-corrected chi connectivity index (χ2v) is 7.26. The van der Waals surface area contributed by atoms with Gasteiger partial charge in [-0.15, -0.1) is 0 Å². The normalized spacial score (nSPS) is 19.5. The summed E-state index contributed by atoms with van der Waals surface area (Å²) in [6, 6.07) is 19.9. The van der Waals surface area contributed by atoms with E-state index in [9.17, 15) is 4.79 Å². The highest BCUT2D eigenvalue weighted by Gasteiger charge is 2.31. The number of hydrogen-bond acceptors (Lipinski definition) is 1. The fourth-order valence-corrected chi connectivity index (χ4v) is 3.64. The van der Waals surface area contributed by atoms with Gasteiger partial charge in [0.2, 0.25) is 0 Å². The summed E-state index contributed by atoms with van der Waals surface area (Å²) in [6.45, 7) is 9.01. The molecule has 3 rings (SSSR count). The molecular formula is C24H27NO. The van der Waals surface area contributed by atoms with Crippen LogP contribution in [0.2, 0.25) is 0 Å². The molecule has 0 fully saturated rings. The minimum absolute atomic E-state index is 0.0922. The maximum Gasteiger partial charge on any atom is 0.254 e. The zero-order valence-corrected chi connectivity index (χ0v) is 15.7. The number of carbonyl (C=O) groups is 1. The lowest BCUT2D eigenvalue weighted by Crippen LogP contribution is -2.43. The van der Waals surface area contributed by atoms with Crippen LogP contribution in [0, 0.1) is 5.92 Å². The Labute approximate surface area is 156 Å². The van der Waals surface area contributed by atoms with Gasteiger partial charge < -0.3 is 4.90 Å². The molecule has 0 radical (unpaired) electrons. The lowest BCUT2D eigenvalue weighted by atomic mass is 9.82. The topological polar surface area (TPSA) is 20.3 Å². The van der Waals surface area contributed by atoms with Gasteiger partial charge in [0.25, 0.3) is 5.91 Å². The zero-order valence-electron chi connectivity index (χ0n) is 15.7. The molecule has 0 aliphatic heterocycles. The number of rotatable bonds is 5. The Kier molecular flexibility index (Phi) is 5.72. The molecule has 0 saturated carbocycles. The van der Waals surface area contributed by atoms with Crippen molar-refractivity contribution in [1.29, 1.82) is 0 Å². The molecule has 2 atom stereocenters. The fourth-order valence-electron chi connectivity index (χ4n) is 3.64. The molecule has 0 spiro atoms. The Balaban J connectivity index is 1.94. The van der Waals surface area contributed by atoms with Crippen LogP contribution in [0.1, 0.15) is 42.6 Å². The van der Waals surface area contributed by atoms with E-state index < -0.39 is 0 Å². The van der Waals surface area contributed by atoms with Crippen LogP contribution >= 0.6 is 0 Å². The summed E-state index contributed by atoms with van der Waals surface area (Å²) in [4.78, 5) is 15.4. The third-order valence-corrected chi connectivity index (χ3v) is 5.31. The van der Waals surface area contributed by atoms with Gasteiger partial charge in [-0.25, -0.2) is 0 Å². The van der Waals surface area contributed by atoms with Gasteiger partial charge in [-0.3, -0.25) is 4.79 Å². The van der Waals surface area contributed by atoms with E-state index in [4.69, 9.17) is 0 Å². The number of allylic oxidation sites excluding steroid dienone is 2. The summed E-state index contributed by atoms with van der Waals surface area (Å²) in [5, 5.41) is 0. The van der Waals surface area contributed by atoms with Crippen LogP contribution in [0.3, 0.4) is 0 Å². The van der Waals surface area contributed by atoms with E-state index in [1.54, 1.807) is 0 Å².